The van der Waals surface area contributed by atoms with Gasteiger partial charge in [-0.2, -0.15) is 0 Å². The normalized spacial score (nSPS) is 13.9. The summed E-state index contributed by atoms with van der Waals surface area (Å²) < 4.78 is 39.0. The highest BCUT2D eigenvalue weighted by molar-refractivity contribution is 5.98. The van der Waals surface area contributed by atoms with E-state index >= 15 is 0 Å². The molecule has 2 aromatic heterocycles. The Morgan fingerprint density at radius 1 is 1.00 bits per heavy atom. The molecule has 5 rings (SSSR count). The molecule has 0 N–H and O–H groups in total. The maximum Gasteiger partial charge on any atom is 0.163 e. The van der Waals surface area contributed by atoms with Crippen molar-refractivity contribution < 1.29 is 18.3 Å². The SMILES string of the molecule is COc1cc(-c2ccc(F)cc2F)cc2c(N3CC(OC)C3)nc(-c3cccnc3)nc12. The van der Waals surface area contributed by atoms with Gasteiger partial charge in [0.15, 0.2) is 5.82 Å². The van der Waals surface area contributed by atoms with Gasteiger partial charge in [0.05, 0.1) is 13.2 Å². The van der Waals surface area contributed by atoms with E-state index in [9.17, 15) is 8.78 Å². The Balaban J connectivity index is 1.74. The Hall–Kier alpha value is -3.65. The third-order valence-corrected chi connectivity index (χ3v) is 5.61. The smallest absolute Gasteiger partial charge is 0.163 e. The Kier molecular flexibility index (Phi) is 5.14. The van der Waals surface area contributed by atoms with Gasteiger partial charge in [0.1, 0.15) is 28.7 Å². The molecule has 1 saturated heterocycles. The summed E-state index contributed by atoms with van der Waals surface area (Å²) in [6, 6.07) is 10.8. The average molecular weight is 434 g/mol. The largest absolute Gasteiger partial charge is 0.494 e. The van der Waals surface area contributed by atoms with E-state index in [0.717, 1.165) is 11.6 Å². The van der Waals surface area contributed by atoms with Crippen molar-refractivity contribution in [3.8, 4) is 28.3 Å². The lowest BCUT2D eigenvalue weighted by Gasteiger charge is -2.39. The first-order valence-electron chi connectivity index (χ1n) is 10.1. The lowest BCUT2D eigenvalue weighted by Crippen LogP contribution is -2.52. The van der Waals surface area contributed by atoms with Crippen LogP contribution in [0.2, 0.25) is 0 Å². The number of ether oxygens (including phenoxy) is 2. The molecule has 8 heteroatoms. The summed E-state index contributed by atoms with van der Waals surface area (Å²) >= 11 is 0. The van der Waals surface area contributed by atoms with E-state index in [2.05, 4.69) is 9.88 Å². The van der Waals surface area contributed by atoms with E-state index in [1.54, 1.807) is 25.6 Å². The number of nitrogens with zero attached hydrogens (tertiary/aromatic N) is 4. The number of pyridine rings is 1. The lowest BCUT2D eigenvalue weighted by molar-refractivity contribution is 0.0785. The first-order valence-corrected chi connectivity index (χ1v) is 10.1. The second-order valence-corrected chi connectivity index (χ2v) is 7.57. The van der Waals surface area contributed by atoms with Crippen molar-refractivity contribution in [3.05, 3.63) is 66.5 Å². The summed E-state index contributed by atoms with van der Waals surface area (Å²) in [5.74, 6) is 0.406. The van der Waals surface area contributed by atoms with Gasteiger partial charge in [-0.25, -0.2) is 18.7 Å². The zero-order valence-electron chi connectivity index (χ0n) is 17.5. The fourth-order valence-electron chi connectivity index (χ4n) is 3.85. The monoisotopic (exact) mass is 434 g/mol. The third-order valence-electron chi connectivity index (χ3n) is 5.61. The number of hydrogen-bond acceptors (Lipinski definition) is 6. The summed E-state index contributed by atoms with van der Waals surface area (Å²) in [7, 11) is 3.22. The van der Waals surface area contributed by atoms with Crippen molar-refractivity contribution in [1.82, 2.24) is 15.0 Å². The molecule has 0 bridgehead atoms. The number of aromatic nitrogens is 3. The van der Waals surface area contributed by atoms with E-state index in [0.29, 0.717) is 46.9 Å². The minimum atomic E-state index is -0.649. The van der Waals surface area contributed by atoms with Crippen LogP contribution in [0.5, 0.6) is 5.75 Å². The number of hydrogen-bond donors (Lipinski definition) is 0. The molecule has 32 heavy (non-hydrogen) atoms. The van der Waals surface area contributed by atoms with Crippen molar-refractivity contribution in [2.24, 2.45) is 0 Å². The minimum Gasteiger partial charge on any atom is -0.494 e. The van der Waals surface area contributed by atoms with Crippen LogP contribution in [0.25, 0.3) is 33.4 Å². The summed E-state index contributed by atoms with van der Waals surface area (Å²) in [6.07, 6.45) is 3.50. The van der Waals surface area contributed by atoms with Gasteiger partial charge < -0.3 is 14.4 Å². The zero-order chi connectivity index (χ0) is 22.2. The quantitative estimate of drug-likeness (QED) is 0.462. The second-order valence-electron chi connectivity index (χ2n) is 7.57. The van der Waals surface area contributed by atoms with Gasteiger partial charge in [-0.05, 0) is 42.0 Å². The molecule has 0 radical (unpaired) electrons. The predicted molar refractivity (Wildman–Crippen MR) is 118 cm³/mol. The van der Waals surface area contributed by atoms with Crippen molar-refractivity contribution in [1.29, 1.82) is 0 Å². The molecular formula is C24H20F2N4O2. The molecule has 1 aliphatic heterocycles. The molecule has 0 atom stereocenters. The van der Waals surface area contributed by atoms with Crippen LogP contribution in [-0.2, 0) is 4.74 Å². The van der Waals surface area contributed by atoms with Crippen LogP contribution < -0.4 is 9.64 Å². The molecule has 4 aromatic rings. The van der Waals surface area contributed by atoms with Gasteiger partial charge in [-0.1, -0.05) is 0 Å². The van der Waals surface area contributed by atoms with Crippen molar-refractivity contribution in [2.45, 2.75) is 6.10 Å². The fraction of sp³-hybridized carbons (Fsp3) is 0.208. The third kappa shape index (κ3) is 3.52. The van der Waals surface area contributed by atoms with E-state index < -0.39 is 11.6 Å². The van der Waals surface area contributed by atoms with E-state index in [1.807, 2.05) is 18.2 Å². The number of benzene rings is 2. The average Bonchev–Trinajstić information content (AvgIpc) is 2.78. The standard InChI is InChI=1S/C24H20F2N4O2/c1-31-17-12-30(13-17)24-19-8-15(18-6-5-16(25)10-20(18)26)9-21(32-2)22(19)28-23(29-24)14-4-3-7-27-11-14/h3-11,17H,12-13H2,1-2H3. The van der Waals surface area contributed by atoms with Crippen molar-refractivity contribution >= 4 is 16.7 Å². The first kappa shape index (κ1) is 20.3. The second kappa shape index (κ2) is 8.12. The Bertz CT molecular complexity index is 1290. The summed E-state index contributed by atoms with van der Waals surface area (Å²) in [5.41, 5.74) is 2.19. The molecule has 1 aliphatic rings. The topological polar surface area (TPSA) is 60.4 Å². The highest BCUT2D eigenvalue weighted by Gasteiger charge is 2.30. The van der Waals surface area contributed by atoms with Crippen LogP contribution in [0.3, 0.4) is 0 Å². The molecule has 3 heterocycles. The van der Waals surface area contributed by atoms with Crippen LogP contribution in [0.1, 0.15) is 0 Å². The van der Waals surface area contributed by atoms with Crippen LogP contribution in [0.4, 0.5) is 14.6 Å². The minimum absolute atomic E-state index is 0.112. The number of halogens is 2. The number of fused-ring (bicyclic) bond motifs is 1. The molecular weight excluding hydrogens is 414 g/mol. The zero-order valence-corrected chi connectivity index (χ0v) is 17.5. The summed E-state index contributed by atoms with van der Waals surface area (Å²) in [4.78, 5) is 15.8. The van der Waals surface area contributed by atoms with Gasteiger partial charge in [0.25, 0.3) is 0 Å². The van der Waals surface area contributed by atoms with Gasteiger partial charge >= 0.3 is 0 Å². The van der Waals surface area contributed by atoms with Crippen molar-refractivity contribution in [2.75, 3.05) is 32.2 Å². The fourth-order valence-corrected chi connectivity index (χ4v) is 3.85. The Morgan fingerprint density at radius 2 is 1.84 bits per heavy atom. The molecule has 1 fully saturated rings. The highest BCUT2D eigenvalue weighted by Crippen LogP contribution is 2.39. The first-order chi connectivity index (χ1) is 15.6. The maximum atomic E-state index is 14.5. The molecule has 0 saturated carbocycles. The molecule has 0 unspecified atom stereocenters. The van der Waals surface area contributed by atoms with Crippen LogP contribution in [0, 0.1) is 11.6 Å². The van der Waals surface area contributed by atoms with Gasteiger partial charge in [0.2, 0.25) is 0 Å². The molecule has 162 valence electrons. The Morgan fingerprint density at radius 3 is 2.53 bits per heavy atom. The van der Waals surface area contributed by atoms with Gasteiger partial charge in [0, 0.05) is 55.2 Å². The molecule has 0 amide bonds. The summed E-state index contributed by atoms with van der Waals surface area (Å²) in [6.45, 7) is 1.35. The molecule has 0 spiro atoms. The number of anilines is 1. The van der Waals surface area contributed by atoms with E-state index in [-0.39, 0.29) is 11.7 Å². The molecule has 2 aromatic carbocycles. The van der Waals surface area contributed by atoms with Crippen LogP contribution in [0.15, 0.2) is 54.9 Å². The number of rotatable bonds is 5. The van der Waals surface area contributed by atoms with Crippen LogP contribution >= 0.6 is 0 Å². The van der Waals surface area contributed by atoms with Crippen LogP contribution in [-0.4, -0.2) is 48.4 Å². The Labute approximate surface area is 183 Å². The van der Waals surface area contributed by atoms with E-state index in [1.165, 1.54) is 19.2 Å². The summed E-state index contributed by atoms with van der Waals surface area (Å²) in [5, 5.41) is 0.713. The molecule has 6 nitrogen and oxygen atoms in total. The van der Waals surface area contributed by atoms with Gasteiger partial charge in [-0.3, -0.25) is 4.98 Å². The highest BCUT2D eigenvalue weighted by atomic mass is 19.1. The van der Waals surface area contributed by atoms with Crippen molar-refractivity contribution in [3.63, 3.8) is 0 Å². The van der Waals surface area contributed by atoms with Gasteiger partial charge in [-0.15, -0.1) is 0 Å². The van der Waals surface area contributed by atoms with E-state index in [4.69, 9.17) is 19.4 Å². The lowest BCUT2D eigenvalue weighted by atomic mass is 10.0. The maximum absolute atomic E-state index is 14.5. The number of methoxy groups -OCH3 is 2. The molecule has 0 aliphatic carbocycles. The predicted octanol–water partition coefficient (Wildman–Crippen LogP) is 4.48.